The minimum absolute atomic E-state index is 0.00647. The molecule has 0 saturated heterocycles. The smallest absolute Gasteiger partial charge is 0.416 e. The van der Waals surface area contributed by atoms with E-state index in [0.717, 1.165) is 0 Å². The molecule has 1 N–H and O–H groups in total. The van der Waals surface area contributed by atoms with Crippen LogP contribution >= 0.6 is 0 Å². The molecule has 0 radical (unpaired) electrons. The largest absolute Gasteiger partial charge is 0.465 e. The molecule has 0 aromatic heterocycles. The van der Waals surface area contributed by atoms with E-state index in [1.807, 2.05) is 0 Å². The first-order chi connectivity index (χ1) is 13.5. The topological polar surface area (TPSA) is 55.4 Å². The highest BCUT2D eigenvalue weighted by molar-refractivity contribution is 7.84. The highest BCUT2D eigenvalue weighted by atomic mass is 32.2. The van der Waals surface area contributed by atoms with Crippen molar-refractivity contribution in [3.8, 4) is 0 Å². The zero-order valence-corrected chi connectivity index (χ0v) is 17.6. The number of nitrogens with one attached hydrogen (secondary N) is 1. The molecule has 30 heavy (non-hydrogen) atoms. The summed E-state index contributed by atoms with van der Waals surface area (Å²) >= 11 is 0. The molecule has 0 aliphatic heterocycles. The van der Waals surface area contributed by atoms with Crippen LogP contribution in [0, 0.1) is 0 Å². The van der Waals surface area contributed by atoms with Crippen molar-refractivity contribution in [2.24, 2.45) is 0 Å². The van der Waals surface area contributed by atoms with Crippen molar-refractivity contribution in [2.45, 2.75) is 57.3 Å². The van der Waals surface area contributed by atoms with E-state index in [9.17, 15) is 35.3 Å². The molecule has 0 spiro atoms. The standard InChI is InChI=1S/C19H23F6NO3S/c1-6-29-16(27)15(26-30(28)17(3,4)5)7-11(2)12-8-13(18(20,21)22)10-14(9-12)19(23,24)25/h8-10,15,26H,2,6-7H2,1,3-5H3/t15-,30?/m0/s1. The molecule has 0 heterocycles. The van der Waals surface area contributed by atoms with Gasteiger partial charge in [-0.1, -0.05) is 6.58 Å². The lowest BCUT2D eigenvalue weighted by Gasteiger charge is -2.24. The van der Waals surface area contributed by atoms with E-state index in [2.05, 4.69) is 11.3 Å². The SMILES string of the molecule is C=C(C[C@H](NS(=O)C(C)(C)C)C(=O)OCC)c1cc(C(F)(F)F)cc(C(F)(F)F)c1. The van der Waals surface area contributed by atoms with Crippen LogP contribution < -0.4 is 4.72 Å². The number of carbonyl (C=O) groups is 1. The van der Waals surface area contributed by atoms with Gasteiger partial charge in [0.2, 0.25) is 0 Å². The van der Waals surface area contributed by atoms with Crippen molar-refractivity contribution in [1.29, 1.82) is 0 Å². The summed E-state index contributed by atoms with van der Waals surface area (Å²) in [6.45, 7) is 9.90. The molecule has 2 atom stereocenters. The first-order valence-electron chi connectivity index (χ1n) is 8.79. The van der Waals surface area contributed by atoms with Gasteiger partial charge >= 0.3 is 18.3 Å². The average molecular weight is 459 g/mol. The van der Waals surface area contributed by atoms with Gasteiger partial charge in [-0.3, -0.25) is 4.79 Å². The van der Waals surface area contributed by atoms with Crippen LogP contribution in [0.25, 0.3) is 5.57 Å². The zero-order chi connectivity index (χ0) is 23.5. The fraction of sp³-hybridized carbons (Fsp3) is 0.526. The number of esters is 1. The first-order valence-corrected chi connectivity index (χ1v) is 9.94. The molecule has 1 rings (SSSR count). The molecule has 11 heteroatoms. The van der Waals surface area contributed by atoms with Gasteiger partial charge < -0.3 is 4.74 Å². The number of benzene rings is 1. The second-order valence-corrected chi connectivity index (χ2v) is 9.40. The van der Waals surface area contributed by atoms with Crippen LogP contribution in [-0.2, 0) is 32.9 Å². The second-order valence-electron chi connectivity index (χ2n) is 7.41. The van der Waals surface area contributed by atoms with Gasteiger partial charge in [-0.05, 0) is 63.5 Å². The lowest BCUT2D eigenvalue weighted by molar-refractivity contribution is -0.145. The summed E-state index contributed by atoms with van der Waals surface area (Å²) in [7, 11) is -1.75. The fourth-order valence-corrected chi connectivity index (χ4v) is 3.04. The van der Waals surface area contributed by atoms with Crippen LogP contribution in [0.1, 0.15) is 50.8 Å². The van der Waals surface area contributed by atoms with E-state index in [1.54, 1.807) is 20.8 Å². The third-order valence-corrected chi connectivity index (χ3v) is 5.43. The van der Waals surface area contributed by atoms with E-state index in [-0.39, 0.29) is 18.2 Å². The maximum absolute atomic E-state index is 13.1. The molecule has 1 unspecified atom stereocenters. The van der Waals surface area contributed by atoms with Crippen LogP contribution in [0.3, 0.4) is 0 Å². The number of ether oxygens (including phenoxy) is 1. The van der Waals surface area contributed by atoms with Gasteiger partial charge in [-0.25, -0.2) is 8.93 Å². The lowest BCUT2D eigenvalue weighted by atomic mass is 9.96. The normalized spacial score (nSPS) is 14.9. The third-order valence-electron chi connectivity index (χ3n) is 3.82. The summed E-state index contributed by atoms with van der Waals surface area (Å²) in [4.78, 5) is 12.2. The van der Waals surface area contributed by atoms with Gasteiger partial charge in [0.05, 0.1) is 33.5 Å². The van der Waals surface area contributed by atoms with Gasteiger partial charge in [0, 0.05) is 0 Å². The van der Waals surface area contributed by atoms with Crippen molar-refractivity contribution in [3.05, 3.63) is 41.5 Å². The van der Waals surface area contributed by atoms with Gasteiger partial charge in [0.1, 0.15) is 6.04 Å². The van der Waals surface area contributed by atoms with E-state index in [0.29, 0.717) is 12.1 Å². The van der Waals surface area contributed by atoms with Crippen molar-refractivity contribution < 1.29 is 40.1 Å². The number of rotatable bonds is 7. The summed E-state index contributed by atoms with van der Waals surface area (Å²) < 4.78 is 97.4. The fourth-order valence-electron chi connectivity index (χ4n) is 2.25. The number of hydrogen-bond acceptors (Lipinski definition) is 3. The maximum Gasteiger partial charge on any atom is 0.416 e. The van der Waals surface area contributed by atoms with Gasteiger partial charge in [-0.15, -0.1) is 0 Å². The summed E-state index contributed by atoms with van der Waals surface area (Å²) in [5, 5.41) is 0. The summed E-state index contributed by atoms with van der Waals surface area (Å²) in [5.41, 5.74) is -3.60. The number of hydrogen-bond donors (Lipinski definition) is 1. The quantitative estimate of drug-likeness (QED) is 0.455. The molecule has 0 aliphatic carbocycles. The molecule has 1 aromatic rings. The van der Waals surface area contributed by atoms with E-state index in [1.165, 1.54) is 6.92 Å². The second kappa shape index (κ2) is 9.51. The van der Waals surface area contributed by atoms with Crippen molar-refractivity contribution in [3.63, 3.8) is 0 Å². The minimum atomic E-state index is -5.01. The van der Waals surface area contributed by atoms with Crippen molar-refractivity contribution >= 4 is 22.5 Å². The maximum atomic E-state index is 13.1. The first kappa shape index (κ1) is 26.2. The van der Waals surface area contributed by atoms with Crippen LogP contribution in [-0.4, -0.2) is 27.6 Å². The Kier molecular flexibility index (Phi) is 8.29. The predicted octanol–water partition coefficient (Wildman–Crippen LogP) is 5.11. The highest BCUT2D eigenvalue weighted by Crippen LogP contribution is 2.38. The van der Waals surface area contributed by atoms with E-state index < -0.39 is 63.2 Å². The lowest BCUT2D eigenvalue weighted by Crippen LogP contribution is -2.44. The molecule has 170 valence electrons. The molecule has 1 aromatic carbocycles. The molecule has 4 nitrogen and oxygen atoms in total. The molecule has 0 bridgehead atoms. The predicted molar refractivity (Wildman–Crippen MR) is 102 cm³/mol. The monoisotopic (exact) mass is 459 g/mol. The number of carbonyl (C=O) groups excluding carboxylic acids is 1. The van der Waals surface area contributed by atoms with Crippen molar-refractivity contribution in [1.82, 2.24) is 4.72 Å². The summed E-state index contributed by atoms with van der Waals surface area (Å²) in [6.07, 6.45) is -10.4. The molecular weight excluding hydrogens is 436 g/mol. The Labute approximate surface area is 173 Å². The summed E-state index contributed by atoms with van der Waals surface area (Å²) in [5.74, 6) is -0.848. The van der Waals surface area contributed by atoms with Gasteiger partial charge in [-0.2, -0.15) is 26.3 Å². The molecular formula is C19H23F6NO3S. The van der Waals surface area contributed by atoms with Crippen molar-refractivity contribution in [2.75, 3.05) is 6.61 Å². The summed E-state index contributed by atoms with van der Waals surface area (Å²) in [6, 6.07) is -0.213. The third kappa shape index (κ3) is 7.42. The van der Waals surface area contributed by atoms with E-state index in [4.69, 9.17) is 4.74 Å². The average Bonchev–Trinajstić information content (AvgIpc) is 2.58. The Balaban J connectivity index is 3.31. The van der Waals surface area contributed by atoms with Crippen LogP contribution in [0.2, 0.25) is 0 Å². The number of alkyl halides is 6. The number of halogens is 6. The van der Waals surface area contributed by atoms with E-state index >= 15 is 0 Å². The minimum Gasteiger partial charge on any atom is -0.465 e. The van der Waals surface area contributed by atoms with Crippen LogP contribution in [0.15, 0.2) is 24.8 Å². The van der Waals surface area contributed by atoms with Gasteiger partial charge in [0.15, 0.2) is 0 Å². The Morgan fingerprint density at radius 3 is 1.90 bits per heavy atom. The Hall–Kier alpha value is -1.88. The highest BCUT2D eigenvalue weighted by Gasteiger charge is 2.37. The molecule has 0 amide bonds. The Morgan fingerprint density at radius 1 is 1.07 bits per heavy atom. The Bertz CT molecular complexity index is 780. The molecule has 0 saturated carbocycles. The molecule has 0 aliphatic rings. The van der Waals surface area contributed by atoms with Crippen LogP contribution in [0.4, 0.5) is 26.3 Å². The Morgan fingerprint density at radius 2 is 1.53 bits per heavy atom. The van der Waals surface area contributed by atoms with Gasteiger partial charge in [0.25, 0.3) is 0 Å². The molecule has 0 fully saturated rings. The van der Waals surface area contributed by atoms with Crippen LogP contribution in [0.5, 0.6) is 0 Å². The zero-order valence-electron chi connectivity index (χ0n) is 16.8.